The highest BCUT2D eigenvalue weighted by molar-refractivity contribution is 5.06. The highest BCUT2D eigenvalue weighted by Gasteiger charge is 2.28. The third-order valence-electron chi connectivity index (χ3n) is 2.59. The highest BCUT2D eigenvalue weighted by atomic mass is 15.2. The van der Waals surface area contributed by atoms with E-state index in [9.17, 15) is 0 Å². The molecule has 1 fully saturated rings. The Morgan fingerprint density at radius 1 is 1.43 bits per heavy atom. The van der Waals surface area contributed by atoms with Crippen LogP contribution in [0, 0.1) is 11.3 Å². The Morgan fingerprint density at radius 3 is 2.43 bits per heavy atom. The summed E-state index contributed by atoms with van der Waals surface area (Å²) in [7, 11) is 0. The van der Waals surface area contributed by atoms with E-state index < -0.39 is 5.54 Å². The van der Waals surface area contributed by atoms with Crippen LogP contribution in [-0.2, 0) is 0 Å². The summed E-state index contributed by atoms with van der Waals surface area (Å²) in [5, 5.41) is 12.5. The Kier molecular flexibility index (Phi) is 3.91. The van der Waals surface area contributed by atoms with Crippen molar-refractivity contribution in [1.29, 1.82) is 5.26 Å². The molecule has 0 bridgehead atoms. The zero-order valence-electron chi connectivity index (χ0n) is 9.51. The quantitative estimate of drug-likeness (QED) is 0.736. The standard InChI is InChI=1S/C11H21N3/c1-10(2)13-11(3,8-12)9-14-6-4-5-7-14/h10,13H,4-7,9H2,1-3H3. The van der Waals surface area contributed by atoms with Crippen LogP contribution >= 0.6 is 0 Å². The number of nitrogens with one attached hydrogen (secondary N) is 1. The van der Waals surface area contributed by atoms with E-state index in [1.165, 1.54) is 12.8 Å². The van der Waals surface area contributed by atoms with E-state index in [0.29, 0.717) is 6.04 Å². The first-order valence-corrected chi connectivity index (χ1v) is 5.47. The van der Waals surface area contributed by atoms with Crippen molar-refractivity contribution < 1.29 is 0 Å². The Labute approximate surface area is 87.1 Å². The van der Waals surface area contributed by atoms with Gasteiger partial charge in [-0.1, -0.05) is 0 Å². The first-order valence-electron chi connectivity index (χ1n) is 5.47. The second-order valence-electron chi connectivity index (χ2n) is 4.73. The molecule has 3 heteroatoms. The highest BCUT2D eigenvalue weighted by Crippen LogP contribution is 2.13. The number of likely N-dealkylation sites (tertiary alicyclic amines) is 1. The van der Waals surface area contributed by atoms with Crippen LogP contribution < -0.4 is 5.32 Å². The average Bonchev–Trinajstić information content (AvgIpc) is 2.55. The van der Waals surface area contributed by atoms with E-state index in [2.05, 4.69) is 30.1 Å². The van der Waals surface area contributed by atoms with E-state index >= 15 is 0 Å². The lowest BCUT2D eigenvalue weighted by atomic mass is 10.0. The van der Waals surface area contributed by atoms with Gasteiger partial charge in [0, 0.05) is 12.6 Å². The number of hydrogen-bond acceptors (Lipinski definition) is 3. The zero-order chi connectivity index (χ0) is 10.6. The van der Waals surface area contributed by atoms with Crippen molar-refractivity contribution in [3.63, 3.8) is 0 Å². The van der Waals surface area contributed by atoms with Crippen LogP contribution in [0.1, 0.15) is 33.6 Å². The van der Waals surface area contributed by atoms with Crippen molar-refractivity contribution in [1.82, 2.24) is 10.2 Å². The third-order valence-corrected chi connectivity index (χ3v) is 2.59. The van der Waals surface area contributed by atoms with Crippen molar-refractivity contribution in [2.75, 3.05) is 19.6 Å². The van der Waals surface area contributed by atoms with Crippen molar-refractivity contribution in [3.8, 4) is 6.07 Å². The maximum absolute atomic E-state index is 9.16. The molecule has 80 valence electrons. The molecule has 0 aliphatic carbocycles. The van der Waals surface area contributed by atoms with Crippen LogP contribution in [0.4, 0.5) is 0 Å². The van der Waals surface area contributed by atoms with E-state index in [1.807, 2.05) is 6.92 Å². The first-order chi connectivity index (χ1) is 6.56. The van der Waals surface area contributed by atoms with Crippen LogP contribution in [0.25, 0.3) is 0 Å². The second-order valence-corrected chi connectivity index (χ2v) is 4.73. The minimum absolute atomic E-state index is 0.363. The maximum atomic E-state index is 9.16. The molecule has 0 aromatic heterocycles. The van der Waals surface area contributed by atoms with Gasteiger partial charge in [0.05, 0.1) is 6.07 Å². The molecule has 0 spiro atoms. The van der Waals surface area contributed by atoms with Crippen molar-refractivity contribution >= 4 is 0 Å². The summed E-state index contributed by atoms with van der Waals surface area (Å²) in [5.41, 5.74) is -0.390. The summed E-state index contributed by atoms with van der Waals surface area (Å²) >= 11 is 0. The predicted molar refractivity (Wildman–Crippen MR) is 58.0 cm³/mol. The first kappa shape index (κ1) is 11.5. The zero-order valence-corrected chi connectivity index (χ0v) is 9.51. The smallest absolute Gasteiger partial charge is 0.116 e. The molecular formula is C11H21N3. The van der Waals surface area contributed by atoms with E-state index in [4.69, 9.17) is 5.26 Å². The number of nitrogens with zero attached hydrogens (tertiary/aromatic N) is 2. The summed E-state index contributed by atoms with van der Waals surface area (Å²) < 4.78 is 0. The van der Waals surface area contributed by atoms with Crippen molar-refractivity contribution in [2.45, 2.75) is 45.2 Å². The van der Waals surface area contributed by atoms with E-state index in [1.54, 1.807) is 0 Å². The Morgan fingerprint density at radius 2 is 2.00 bits per heavy atom. The van der Waals surface area contributed by atoms with Gasteiger partial charge >= 0.3 is 0 Å². The van der Waals surface area contributed by atoms with Gasteiger partial charge in [0.15, 0.2) is 0 Å². The number of rotatable bonds is 4. The van der Waals surface area contributed by atoms with Gasteiger partial charge in [-0.25, -0.2) is 0 Å². The Balaban J connectivity index is 2.47. The lowest BCUT2D eigenvalue weighted by Crippen LogP contribution is -2.52. The van der Waals surface area contributed by atoms with Gasteiger partial charge in [0.25, 0.3) is 0 Å². The lowest BCUT2D eigenvalue weighted by Gasteiger charge is -2.30. The van der Waals surface area contributed by atoms with E-state index in [-0.39, 0.29) is 0 Å². The Hall–Kier alpha value is -0.590. The molecule has 1 aliphatic rings. The second kappa shape index (κ2) is 4.77. The van der Waals surface area contributed by atoms with Crippen LogP contribution in [0.15, 0.2) is 0 Å². The number of hydrogen-bond donors (Lipinski definition) is 1. The van der Waals surface area contributed by atoms with Gasteiger partial charge in [0.1, 0.15) is 5.54 Å². The lowest BCUT2D eigenvalue weighted by molar-refractivity contribution is 0.251. The summed E-state index contributed by atoms with van der Waals surface area (Å²) in [4.78, 5) is 2.37. The van der Waals surface area contributed by atoms with Gasteiger partial charge < -0.3 is 4.90 Å². The fraction of sp³-hybridized carbons (Fsp3) is 0.909. The van der Waals surface area contributed by atoms with Crippen LogP contribution in [0.2, 0.25) is 0 Å². The maximum Gasteiger partial charge on any atom is 0.116 e. The van der Waals surface area contributed by atoms with Crippen LogP contribution in [0.3, 0.4) is 0 Å². The molecule has 1 N–H and O–H groups in total. The number of nitriles is 1. The van der Waals surface area contributed by atoms with Gasteiger partial charge in [-0.3, -0.25) is 5.32 Å². The van der Waals surface area contributed by atoms with Crippen molar-refractivity contribution in [3.05, 3.63) is 0 Å². The van der Waals surface area contributed by atoms with Gasteiger partial charge in [-0.15, -0.1) is 0 Å². The largest absolute Gasteiger partial charge is 0.300 e. The van der Waals surface area contributed by atoms with Gasteiger partial charge in [0.2, 0.25) is 0 Å². The minimum Gasteiger partial charge on any atom is -0.300 e. The molecule has 1 aliphatic heterocycles. The summed E-state index contributed by atoms with van der Waals surface area (Å²) in [6.45, 7) is 9.31. The molecule has 14 heavy (non-hydrogen) atoms. The van der Waals surface area contributed by atoms with Crippen LogP contribution in [-0.4, -0.2) is 36.1 Å². The molecule has 1 atom stereocenters. The Bertz CT molecular complexity index is 213. The fourth-order valence-electron chi connectivity index (χ4n) is 2.14. The van der Waals surface area contributed by atoms with Gasteiger partial charge in [-0.05, 0) is 46.7 Å². The summed E-state index contributed by atoms with van der Waals surface area (Å²) in [6, 6.07) is 2.75. The minimum atomic E-state index is -0.390. The predicted octanol–water partition coefficient (Wildman–Crippen LogP) is 1.36. The summed E-state index contributed by atoms with van der Waals surface area (Å²) in [6.07, 6.45) is 2.56. The molecule has 1 heterocycles. The molecule has 1 saturated heterocycles. The average molecular weight is 195 g/mol. The molecule has 0 aromatic rings. The fourth-order valence-corrected chi connectivity index (χ4v) is 2.14. The van der Waals surface area contributed by atoms with Crippen molar-refractivity contribution in [2.24, 2.45) is 0 Å². The molecule has 3 nitrogen and oxygen atoms in total. The molecule has 0 radical (unpaired) electrons. The topological polar surface area (TPSA) is 39.1 Å². The SMILES string of the molecule is CC(C)NC(C)(C#N)CN1CCCC1. The molecular weight excluding hydrogens is 174 g/mol. The molecule has 0 saturated carbocycles. The third kappa shape index (κ3) is 3.28. The van der Waals surface area contributed by atoms with Crippen LogP contribution in [0.5, 0.6) is 0 Å². The molecule has 1 rings (SSSR count). The van der Waals surface area contributed by atoms with E-state index in [0.717, 1.165) is 19.6 Å². The normalized spacial score (nSPS) is 22.2. The monoisotopic (exact) mass is 195 g/mol. The summed E-state index contributed by atoms with van der Waals surface area (Å²) in [5.74, 6) is 0. The molecule has 0 aromatic carbocycles. The van der Waals surface area contributed by atoms with Gasteiger partial charge in [-0.2, -0.15) is 5.26 Å². The molecule has 0 amide bonds. The molecule has 1 unspecified atom stereocenters.